The van der Waals surface area contributed by atoms with Crippen LogP contribution in [0.3, 0.4) is 0 Å². The fraction of sp³-hybridized carbons (Fsp3) is 0.684. The van der Waals surface area contributed by atoms with Crippen LogP contribution in [0.1, 0.15) is 55.8 Å². The van der Waals surface area contributed by atoms with Crippen molar-refractivity contribution in [3.63, 3.8) is 0 Å². The first-order valence-corrected chi connectivity index (χ1v) is 10.1. The maximum atomic E-state index is 13.4. The number of nitrogens with zero attached hydrogens (tertiary/aromatic N) is 5. The molecule has 2 aliphatic rings. The molecule has 158 valence electrons. The molecule has 29 heavy (non-hydrogen) atoms. The molecule has 2 aliphatic heterocycles. The van der Waals surface area contributed by atoms with Gasteiger partial charge in [0.15, 0.2) is 0 Å². The molecule has 4 heterocycles. The highest BCUT2D eigenvalue weighted by atomic mass is 19.3. The van der Waals surface area contributed by atoms with E-state index in [2.05, 4.69) is 15.1 Å². The molecule has 4 rings (SSSR count). The van der Waals surface area contributed by atoms with E-state index in [1.54, 1.807) is 4.90 Å². The topological polar surface area (TPSA) is 81.9 Å². The average Bonchev–Trinajstić information content (AvgIpc) is 3.22. The van der Waals surface area contributed by atoms with Crippen LogP contribution >= 0.6 is 0 Å². The summed E-state index contributed by atoms with van der Waals surface area (Å²) >= 11 is 0. The van der Waals surface area contributed by atoms with Crippen LogP contribution in [0.5, 0.6) is 0 Å². The van der Waals surface area contributed by atoms with Gasteiger partial charge in [-0.2, -0.15) is 14.6 Å². The number of amides is 1. The normalized spacial score (nSPS) is 23.1. The van der Waals surface area contributed by atoms with Crippen molar-refractivity contribution in [2.24, 2.45) is 0 Å². The van der Waals surface area contributed by atoms with Gasteiger partial charge in [-0.15, -0.1) is 0 Å². The minimum atomic E-state index is -2.68. The number of ether oxygens (including phenoxy) is 2. The lowest BCUT2D eigenvalue weighted by Crippen LogP contribution is -2.41. The minimum absolute atomic E-state index is 0.00546. The van der Waals surface area contributed by atoms with Crippen LogP contribution in [-0.2, 0) is 14.3 Å². The fourth-order valence-electron chi connectivity index (χ4n) is 3.97. The monoisotopic (exact) mass is 409 g/mol. The van der Waals surface area contributed by atoms with Crippen LogP contribution in [0, 0.1) is 0 Å². The predicted octanol–water partition coefficient (Wildman–Crippen LogP) is 2.35. The number of hydrogen-bond donors (Lipinski definition) is 0. The Morgan fingerprint density at radius 1 is 1.31 bits per heavy atom. The van der Waals surface area contributed by atoms with Crippen molar-refractivity contribution in [2.75, 3.05) is 32.9 Å². The van der Waals surface area contributed by atoms with Gasteiger partial charge in [0.05, 0.1) is 18.4 Å². The maximum Gasteiger partial charge on any atom is 0.280 e. The summed E-state index contributed by atoms with van der Waals surface area (Å²) in [5.41, 5.74) is 0.289. The number of fused-ring (bicyclic) bond motifs is 1. The van der Waals surface area contributed by atoms with Crippen molar-refractivity contribution in [3.05, 3.63) is 23.8 Å². The number of carbonyl (C=O) groups excluding carboxylic acids is 1. The summed E-state index contributed by atoms with van der Waals surface area (Å²) in [6.45, 7) is 2.24. The first kappa shape index (κ1) is 20.1. The average molecular weight is 409 g/mol. The van der Waals surface area contributed by atoms with Crippen LogP contribution in [0.4, 0.5) is 8.78 Å². The molecule has 0 radical (unpaired) electrons. The Kier molecular flexibility index (Phi) is 6.29. The second-order valence-corrected chi connectivity index (χ2v) is 7.56. The van der Waals surface area contributed by atoms with E-state index in [1.807, 2.05) is 0 Å². The molecule has 2 aromatic rings. The van der Waals surface area contributed by atoms with Crippen LogP contribution in [0.15, 0.2) is 12.4 Å². The summed E-state index contributed by atoms with van der Waals surface area (Å²) in [5.74, 6) is -0.0613. The Morgan fingerprint density at radius 2 is 2.21 bits per heavy atom. The quantitative estimate of drug-likeness (QED) is 0.729. The van der Waals surface area contributed by atoms with Gasteiger partial charge in [0.2, 0.25) is 5.91 Å². The Labute approximate surface area is 167 Å². The summed E-state index contributed by atoms with van der Waals surface area (Å²) in [6, 6.07) is 1.38. The zero-order valence-electron chi connectivity index (χ0n) is 16.2. The maximum absolute atomic E-state index is 13.4. The molecule has 0 bridgehead atoms. The number of halogens is 2. The molecule has 0 aromatic carbocycles. The van der Waals surface area contributed by atoms with Gasteiger partial charge in [0.1, 0.15) is 18.6 Å². The van der Waals surface area contributed by atoms with E-state index in [1.165, 1.54) is 12.4 Å². The first-order chi connectivity index (χ1) is 14.1. The van der Waals surface area contributed by atoms with E-state index in [0.29, 0.717) is 25.4 Å². The molecule has 0 spiro atoms. The third-order valence-electron chi connectivity index (χ3n) is 5.52. The van der Waals surface area contributed by atoms with Crippen molar-refractivity contribution in [2.45, 2.75) is 50.6 Å². The van der Waals surface area contributed by atoms with Crippen LogP contribution < -0.4 is 0 Å². The van der Waals surface area contributed by atoms with E-state index in [-0.39, 0.29) is 36.0 Å². The molecular formula is C19H25F2N5O3. The minimum Gasteiger partial charge on any atom is -0.376 e. The first-order valence-electron chi connectivity index (χ1n) is 10.1. The van der Waals surface area contributed by atoms with Crippen molar-refractivity contribution < 1.29 is 23.0 Å². The molecule has 0 aliphatic carbocycles. The molecule has 8 nitrogen and oxygen atoms in total. The molecule has 0 saturated carbocycles. The molecule has 2 aromatic heterocycles. The van der Waals surface area contributed by atoms with Gasteiger partial charge in [0, 0.05) is 25.6 Å². The highest BCUT2D eigenvalue weighted by Gasteiger charge is 2.28. The second-order valence-electron chi connectivity index (χ2n) is 7.56. The summed E-state index contributed by atoms with van der Waals surface area (Å²) in [6.07, 6.45) is 3.32. The number of aromatic nitrogens is 4. The molecule has 0 N–H and O–H groups in total. The Balaban J connectivity index is 1.37. The molecule has 1 amide bonds. The van der Waals surface area contributed by atoms with Gasteiger partial charge in [-0.25, -0.2) is 13.8 Å². The van der Waals surface area contributed by atoms with Crippen LogP contribution in [0.25, 0.3) is 5.78 Å². The lowest BCUT2D eigenvalue weighted by atomic mass is 9.94. The summed E-state index contributed by atoms with van der Waals surface area (Å²) in [4.78, 5) is 22.6. The SMILES string of the molecule is O=C(COC[C@@H]1CCCCO1)N1CCC[C@@H](c2cc(C(F)F)n3ncnc3n2)C1. The largest absolute Gasteiger partial charge is 0.376 e. The number of rotatable bonds is 6. The third-order valence-corrected chi connectivity index (χ3v) is 5.52. The molecule has 2 atom stereocenters. The predicted molar refractivity (Wildman–Crippen MR) is 98.7 cm³/mol. The number of alkyl halides is 2. The lowest BCUT2D eigenvalue weighted by molar-refractivity contribution is -0.139. The molecule has 0 unspecified atom stereocenters. The van der Waals surface area contributed by atoms with Crippen LogP contribution in [-0.4, -0.2) is 69.4 Å². The van der Waals surface area contributed by atoms with Gasteiger partial charge in [-0.05, 0) is 38.2 Å². The number of carbonyl (C=O) groups is 1. The van der Waals surface area contributed by atoms with Gasteiger partial charge in [-0.1, -0.05) is 0 Å². The molecule has 10 heteroatoms. The highest BCUT2D eigenvalue weighted by molar-refractivity contribution is 5.77. The lowest BCUT2D eigenvalue weighted by Gasteiger charge is -2.32. The van der Waals surface area contributed by atoms with E-state index < -0.39 is 6.43 Å². The smallest absolute Gasteiger partial charge is 0.280 e. The standard InChI is InChI=1S/C19H25F2N5O3/c20-18(21)16-8-15(24-19-22-12-23-26(16)19)13-4-3-6-25(9-13)17(27)11-28-10-14-5-1-2-7-29-14/h8,12-14,18H,1-7,9-11H2/t13-,14+/m1/s1. The van der Waals surface area contributed by atoms with Gasteiger partial charge in [-0.3, -0.25) is 4.79 Å². The van der Waals surface area contributed by atoms with E-state index in [4.69, 9.17) is 9.47 Å². The van der Waals surface area contributed by atoms with E-state index >= 15 is 0 Å². The van der Waals surface area contributed by atoms with Gasteiger partial charge < -0.3 is 14.4 Å². The number of piperidine rings is 1. The van der Waals surface area contributed by atoms with Gasteiger partial charge in [0.25, 0.3) is 12.2 Å². The number of hydrogen-bond acceptors (Lipinski definition) is 6. The zero-order chi connectivity index (χ0) is 20.2. The Morgan fingerprint density at radius 3 is 3.00 bits per heavy atom. The molecule has 2 saturated heterocycles. The second kappa shape index (κ2) is 9.08. The molecular weight excluding hydrogens is 384 g/mol. The van der Waals surface area contributed by atoms with Crippen molar-refractivity contribution in [3.8, 4) is 0 Å². The summed E-state index contributed by atoms with van der Waals surface area (Å²) in [5, 5.41) is 3.81. The number of likely N-dealkylation sites (tertiary alicyclic amines) is 1. The van der Waals surface area contributed by atoms with Crippen molar-refractivity contribution in [1.29, 1.82) is 0 Å². The fourth-order valence-corrected chi connectivity index (χ4v) is 3.97. The molecule has 2 fully saturated rings. The Bertz CT molecular complexity index is 840. The van der Waals surface area contributed by atoms with Crippen molar-refractivity contribution >= 4 is 11.7 Å². The van der Waals surface area contributed by atoms with E-state index in [9.17, 15) is 13.6 Å². The van der Waals surface area contributed by atoms with E-state index in [0.717, 1.165) is 43.2 Å². The summed E-state index contributed by atoms with van der Waals surface area (Å²) < 4.78 is 39.1. The highest BCUT2D eigenvalue weighted by Crippen LogP contribution is 2.29. The Hall–Kier alpha value is -2.20. The summed E-state index contributed by atoms with van der Waals surface area (Å²) in [7, 11) is 0. The van der Waals surface area contributed by atoms with Crippen molar-refractivity contribution in [1.82, 2.24) is 24.5 Å². The van der Waals surface area contributed by atoms with Crippen LogP contribution in [0.2, 0.25) is 0 Å². The zero-order valence-corrected chi connectivity index (χ0v) is 16.2. The third kappa shape index (κ3) is 4.69. The van der Waals surface area contributed by atoms with Gasteiger partial charge >= 0.3 is 0 Å².